The van der Waals surface area contributed by atoms with Crippen LogP contribution in [0.15, 0.2) is 42.5 Å². The van der Waals surface area contributed by atoms with Crippen LogP contribution in [0.2, 0.25) is 0 Å². The van der Waals surface area contributed by atoms with Crippen molar-refractivity contribution in [2.45, 2.75) is 20.3 Å². The Bertz CT molecular complexity index is 638. The van der Waals surface area contributed by atoms with Gasteiger partial charge in [-0.05, 0) is 43.2 Å². The highest BCUT2D eigenvalue weighted by atomic mass is 16.5. The fourth-order valence-electron chi connectivity index (χ4n) is 1.97. The van der Waals surface area contributed by atoms with E-state index in [9.17, 15) is 4.79 Å². The highest BCUT2D eigenvalue weighted by molar-refractivity contribution is 5.92. The summed E-state index contributed by atoms with van der Waals surface area (Å²) >= 11 is 0. The maximum atomic E-state index is 11.9. The minimum atomic E-state index is -0.0858. The van der Waals surface area contributed by atoms with E-state index in [-0.39, 0.29) is 5.91 Å². The third-order valence-corrected chi connectivity index (χ3v) is 3.33. The molecule has 2 rings (SSSR count). The van der Waals surface area contributed by atoms with Gasteiger partial charge in [0.2, 0.25) is 5.91 Å². The van der Waals surface area contributed by atoms with E-state index in [1.165, 1.54) is 0 Å². The van der Waals surface area contributed by atoms with Crippen molar-refractivity contribution in [2.24, 2.45) is 0 Å². The third-order valence-electron chi connectivity index (χ3n) is 3.33. The summed E-state index contributed by atoms with van der Waals surface area (Å²) in [6, 6.07) is 13.2. The Morgan fingerprint density at radius 1 is 1.14 bits per heavy atom. The molecule has 0 saturated heterocycles. The molecule has 1 amide bonds. The first-order chi connectivity index (χ1) is 10.1. The number of nitrogens with one attached hydrogen (secondary N) is 1. The van der Waals surface area contributed by atoms with Crippen molar-refractivity contribution >= 4 is 17.3 Å². The molecular weight excluding hydrogens is 264 g/mol. The fraction of sp³-hybridized carbons (Fsp3) is 0.235. The van der Waals surface area contributed by atoms with Crippen molar-refractivity contribution in [3.8, 4) is 5.75 Å². The molecule has 21 heavy (non-hydrogen) atoms. The summed E-state index contributed by atoms with van der Waals surface area (Å²) in [5.41, 5.74) is 9.17. The minimum Gasteiger partial charge on any atom is -0.493 e. The van der Waals surface area contributed by atoms with Crippen LogP contribution >= 0.6 is 0 Å². The smallest absolute Gasteiger partial charge is 0.227 e. The molecule has 2 aromatic rings. The molecule has 0 aliphatic heterocycles. The van der Waals surface area contributed by atoms with E-state index in [2.05, 4.69) is 5.32 Å². The summed E-state index contributed by atoms with van der Waals surface area (Å²) in [5.74, 6) is 0.725. The maximum Gasteiger partial charge on any atom is 0.227 e. The monoisotopic (exact) mass is 284 g/mol. The van der Waals surface area contributed by atoms with Crippen LogP contribution in [0.25, 0.3) is 0 Å². The number of aryl methyl sites for hydroxylation is 1. The van der Waals surface area contributed by atoms with E-state index >= 15 is 0 Å². The lowest BCUT2D eigenvalue weighted by Crippen LogP contribution is -2.16. The number of hydrogen-bond acceptors (Lipinski definition) is 3. The molecule has 0 aliphatic rings. The zero-order chi connectivity index (χ0) is 15.2. The second-order valence-electron chi connectivity index (χ2n) is 4.93. The Morgan fingerprint density at radius 2 is 1.90 bits per heavy atom. The van der Waals surface area contributed by atoms with Gasteiger partial charge in [-0.1, -0.05) is 24.3 Å². The highest BCUT2D eigenvalue weighted by Gasteiger charge is 2.07. The van der Waals surface area contributed by atoms with Crippen LogP contribution < -0.4 is 15.8 Å². The van der Waals surface area contributed by atoms with Gasteiger partial charge in [0, 0.05) is 11.4 Å². The SMILES string of the molecule is Cc1ccccc1OCCC(=O)Nc1cccc(N)c1C. The Morgan fingerprint density at radius 3 is 2.67 bits per heavy atom. The van der Waals surface area contributed by atoms with Gasteiger partial charge in [-0.25, -0.2) is 0 Å². The summed E-state index contributed by atoms with van der Waals surface area (Å²) in [6.45, 7) is 4.21. The molecular formula is C17H20N2O2. The van der Waals surface area contributed by atoms with Crippen LogP contribution in [0.1, 0.15) is 17.5 Å². The molecule has 3 N–H and O–H groups in total. The van der Waals surface area contributed by atoms with Gasteiger partial charge in [0.05, 0.1) is 13.0 Å². The Hall–Kier alpha value is -2.49. The van der Waals surface area contributed by atoms with Gasteiger partial charge < -0.3 is 15.8 Å². The van der Waals surface area contributed by atoms with Crippen molar-refractivity contribution in [2.75, 3.05) is 17.7 Å². The van der Waals surface area contributed by atoms with Gasteiger partial charge in [-0.3, -0.25) is 4.79 Å². The number of para-hydroxylation sites is 1. The number of carbonyl (C=O) groups is 1. The van der Waals surface area contributed by atoms with Crippen molar-refractivity contribution in [1.82, 2.24) is 0 Å². The summed E-state index contributed by atoms with van der Waals surface area (Å²) in [7, 11) is 0. The topological polar surface area (TPSA) is 64.3 Å². The van der Waals surface area contributed by atoms with Crippen molar-refractivity contribution < 1.29 is 9.53 Å². The number of hydrogen-bond donors (Lipinski definition) is 2. The Kier molecular flexibility index (Phi) is 4.82. The third kappa shape index (κ3) is 3.99. The number of benzene rings is 2. The summed E-state index contributed by atoms with van der Waals surface area (Å²) < 4.78 is 5.61. The molecule has 0 atom stereocenters. The first-order valence-corrected chi connectivity index (χ1v) is 6.91. The lowest BCUT2D eigenvalue weighted by molar-refractivity contribution is -0.116. The maximum absolute atomic E-state index is 11.9. The largest absolute Gasteiger partial charge is 0.493 e. The zero-order valence-electron chi connectivity index (χ0n) is 12.3. The lowest BCUT2D eigenvalue weighted by Gasteiger charge is -2.11. The van der Waals surface area contributed by atoms with E-state index in [0.717, 1.165) is 22.6 Å². The second kappa shape index (κ2) is 6.79. The Balaban J connectivity index is 1.85. The first-order valence-electron chi connectivity index (χ1n) is 6.91. The molecule has 0 heterocycles. The number of amides is 1. The number of nitrogens with two attached hydrogens (primary N) is 1. The summed E-state index contributed by atoms with van der Waals surface area (Å²) in [4.78, 5) is 11.9. The highest BCUT2D eigenvalue weighted by Crippen LogP contribution is 2.20. The van der Waals surface area contributed by atoms with E-state index < -0.39 is 0 Å². The summed E-state index contributed by atoms with van der Waals surface area (Å²) in [6.07, 6.45) is 0.294. The predicted octanol–water partition coefficient (Wildman–Crippen LogP) is 3.29. The molecule has 2 aromatic carbocycles. The van der Waals surface area contributed by atoms with Gasteiger partial charge in [0.15, 0.2) is 0 Å². The molecule has 0 radical (unpaired) electrons. The molecule has 0 spiro atoms. The van der Waals surface area contributed by atoms with Gasteiger partial charge in [0.25, 0.3) is 0 Å². The van der Waals surface area contributed by atoms with E-state index in [1.807, 2.05) is 56.3 Å². The van der Waals surface area contributed by atoms with Gasteiger partial charge in [0.1, 0.15) is 5.75 Å². The molecule has 0 fully saturated rings. The quantitative estimate of drug-likeness (QED) is 0.828. The molecule has 4 heteroatoms. The van der Waals surface area contributed by atoms with Gasteiger partial charge in [-0.2, -0.15) is 0 Å². The molecule has 110 valence electrons. The molecule has 4 nitrogen and oxygen atoms in total. The van der Waals surface area contributed by atoms with E-state index in [0.29, 0.717) is 18.7 Å². The van der Waals surface area contributed by atoms with Crippen LogP contribution in [0.5, 0.6) is 5.75 Å². The number of nitrogen functional groups attached to an aromatic ring is 1. The normalized spacial score (nSPS) is 10.2. The van der Waals surface area contributed by atoms with Crippen LogP contribution in [0.3, 0.4) is 0 Å². The van der Waals surface area contributed by atoms with Crippen LogP contribution in [-0.4, -0.2) is 12.5 Å². The predicted molar refractivity (Wildman–Crippen MR) is 85.5 cm³/mol. The number of rotatable bonds is 5. The molecule has 0 aromatic heterocycles. The molecule has 0 aliphatic carbocycles. The van der Waals surface area contributed by atoms with E-state index in [4.69, 9.17) is 10.5 Å². The molecule has 0 bridgehead atoms. The lowest BCUT2D eigenvalue weighted by atomic mass is 10.1. The molecule has 0 saturated carbocycles. The van der Waals surface area contributed by atoms with Crippen molar-refractivity contribution in [1.29, 1.82) is 0 Å². The van der Waals surface area contributed by atoms with Crippen LogP contribution in [0, 0.1) is 13.8 Å². The first kappa shape index (κ1) is 14.9. The minimum absolute atomic E-state index is 0.0858. The number of anilines is 2. The second-order valence-corrected chi connectivity index (χ2v) is 4.93. The fourth-order valence-corrected chi connectivity index (χ4v) is 1.97. The van der Waals surface area contributed by atoms with Crippen LogP contribution in [-0.2, 0) is 4.79 Å². The van der Waals surface area contributed by atoms with Gasteiger partial charge >= 0.3 is 0 Å². The van der Waals surface area contributed by atoms with Gasteiger partial charge in [-0.15, -0.1) is 0 Å². The Labute approximate surface area is 124 Å². The average Bonchev–Trinajstić information content (AvgIpc) is 2.46. The van der Waals surface area contributed by atoms with Crippen molar-refractivity contribution in [3.63, 3.8) is 0 Å². The zero-order valence-corrected chi connectivity index (χ0v) is 12.3. The van der Waals surface area contributed by atoms with Crippen LogP contribution in [0.4, 0.5) is 11.4 Å². The van der Waals surface area contributed by atoms with Crippen molar-refractivity contribution in [3.05, 3.63) is 53.6 Å². The van der Waals surface area contributed by atoms with E-state index in [1.54, 1.807) is 0 Å². The average molecular weight is 284 g/mol. The molecule has 0 unspecified atom stereocenters. The standard InChI is InChI=1S/C17H20N2O2/c1-12-6-3-4-9-16(12)21-11-10-17(20)19-15-8-5-7-14(18)13(15)2/h3-9H,10-11,18H2,1-2H3,(H,19,20). The number of carbonyl (C=O) groups excluding carboxylic acids is 1. The number of ether oxygens (including phenoxy) is 1. The summed E-state index contributed by atoms with van der Waals surface area (Å²) in [5, 5.41) is 2.85.